The lowest BCUT2D eigenvalue weighted by Crippen LogP contribution is -2.49. The summed E-state index contributed by atoms with van der Waals surface area (Å²) in [6.45, 7) is 3.67. The van der Waals surface area contributed by atoms with Crippen molar-refractivity contribution in [3.8, 4) is 11.5 Å². The molecule has 1 aliphatic heterocycles. The van der Waals surface area contributed by atoms with Gasteiger partial charge in [0.1, 0.15) is 30.0 Å². The smallest absolute Gasteiger partial charge is 0.167 e. The molecule has 6 nitrogen and oxygen atoms in total. The standard InChI is InChI=1S/C28H31FN2O4.ClH/c29-22-7-13-28(26(18-22)27(34)12-6-21-4-2-1-3-5-21)35-20-25(33)19-30-14-16-31(17-15-30)23-8-10-24(32)11-9-23;/h1-5,7-11,13,18,25,32-33H,6,12,14-17,19-20H2;1H. The number of halogens is 2. The molecule has 0 saturated carbocycles. The molecule has 0 aromatic heterocycles. The van der Waals surface area contributed by atoms with Crippen molar-refractivity contribution in [3.63, 3.8) is 0 Å². The first-order chi connectivity index (χ1) is 17.0. The van der Waals surface area contributed by atoms with Crippen LogP contribution in [0.25, 0.3) is 0 Å². The van der Waals surface area contributed by atoms with Crippen LogP contribution in [-0.2, 0) is 6.42 Å². The monoisotopic (exact) mass is 514 g/mol. The van der Waals surface area contributed by atoms with Crippen molar-refractivity contribution in [3.05, 3.63) is 89.7 Å². The molecule has 1 unspecified atom stereocenters. The van der Waals surface area contributed by atoms with E-state index in [0.717, 1.165) is 37.4 Å². The molecule has 3 aromatic rings. The summed E-state index contributed by atoms with van der Waals surface area (Å²) in [6.07, 6.45) is 0.0686. The highest BCUT2D eigenvalue weighted by Crippen LogP contribution is 2.23. The largest absolute Gasteiger partial charge is 0.508 e. The molecule has 0 aliphatic carbocycles. The van der Waals surface area contributed by atoms with Gasteiger partial charge in [0.2, 0.25) is 0 Å². The van der Waals surface area contributed by atoms with E-state index in [1.54, 1.807) is 12.1 Å². The van der Waals surface area contributed by atoms with Gasteiger partial charge in [0, 0.05) is 44.8 Å². The predicted molar refractivity (Wildman–Crippen MR) is 141 cm³/mol. The van der Waals surface area contributed by atoms with Gasteiger partial charge in [-0.15, -0.1) is 12.4 Å². The number of aliphatic hydroxyl groups excluding tert-OH is 1. The second-order valence-corrected chi connectivity index (χ2v) is 8.82. The Labute approximate surface area is 217 Å². The number of phenolic OH excluding ortho intramolecular Hbond substituents is 1. The zero-order chi connectivity index (χ0) is 24.6. The number of ether oxygens (including phenoxy) is 1. The van der Waals surface area contributed by atoms with Crippen LogP contribution >= 0.6 is 12.4 Å². The number of Topliss-reactive ketones (excluding diaryl/α,β-unsaturated/α-hetero) is 1. The minimum Gasteiger partial charge on any atom is -0.508 e. The van der Waals surface area contributed by atoms with Crippen LogP contribution in [0, 0.1) is 5.82 Å². The molecule has 1 aliphatic rings. The highest BCUT2D eigenvalue weighted by molar-refractivity contribution is 5.98. The first-order valence-corrected chi connectivity index (χ1v) is 11.9. The minimum atomic E-state index is -0.743. The van der Waals surface area contributed by atoms with Gasteiger partial charge in [0.15, 0.2) is 5.78 Å². The lowest BCUT2D eigenvalue weighted by molar-refractivity contribution is 0.0655. The lowest BCUT2D eigenvalue weighted by Gasteiger charge is -2.36. The van der Waals surface area contributed by atoms with Crippen molar-refractivity contribution in [2.24, 2.45) is 0 Å². The fourth-order valence-corrected chi connectivity index (χ4v) is 4.27. The van der Waals surface area contributed by atoms with Gasteiger partial charge in [-0.25, -0.2) is 4.39 Å². The molecule has 1 heterocycles. The van der Waals surface area contributed by atoms with Crippen LogP contribution in [0.4, 0.5) is 10.1 Å². The maximum atomic E-state index is 13.9. The Bertz CT molecular complexity index is 1110. The molecule has 1 saturated heterocycles. The molecule has 1 atom stereocenters. The number of nitrogens with zero attached hydrogens (tertiary/aromatic N) is 2. The van der Waals surface area contributed by atoms with E-state index in [2.05, 4.69) is 9.80 Å². The number of hydrogen-bond acceptors (Lipinski definition) is 6. The van der Waals surface area contributed by atoms with Crippen molar-refractivity contribution in [1.29, 1.82) is 0 Å². The van der Waals surface area contributed by atoms with Crippen LogP contribution in [0.15, 0.2) is 72.8 Å². The quantitative estimate of drug-likeness (QED) is 0.392. The summed E-state index contributed by atoms with van der Waals surface area (Å²) in [5.74, 6) is -0.144. The number of anilines is 1. The van der Waals surface area contributed by atoms with Gasteiger partial charge in [-0.05, 0) is 54.4 Å². The Hall–Kier alpha value is -3.13. The van der Waals surface area contributed by atoms with Gasteiger partial charge in [-0.1, -0.05) is 30.3 Å². The summed E-state index contributed by atoms with van der Waals surface area (Å²) in [7, 11) is 0. The van der Waals surface area contributed by atoms with E-state index >= 15 is 0 Å². The topological polar surface area (TPSA) is 73.2 Å². The molecule has 36 heavy (non-hydrogen) atoms. The zero-order valence-electron chi connectivity index (χ0n) is 20.1. The van der Waals surface area contributed by atoms with Crippen LogP contribution in [0.3, 0.4) is 0 Å². The summed E-state index contributed by atoms with van der Waals surface area (Å²) < 4.78 is 19.6. The van der Waals surface area contributed by atoms with E-state index in [1.165, 1.54) is 18.2 Å². The second kappa shape index (κ2) is 13.3. The number of benzene rings is 3. The van der Waals surface area contributed by atoms with Crippen molar-refractivity contribution >= 4 is 23.9 Å². The van der Waals surface area contributed by atoms with Crippen LogP contribution < -0.4 is 9.64 Å². The summed E-state index contributed by atoms with van der Waals surface area (Å²) in [4.78, 5) is 17.2. The van der Waals surface area contributed by atoms with Gasteiger partial charge in [0.25, 0.3) is 0 Å². The van der Waals surface area contributed by atoms with Crippen molar-refractivity contribution in [2.45, 2.75) is 18.9 Å². The number of aryl methyl sites for hydroxylation is 1. The number of rotatable bonds is 10. The fourth-order valence-electron chi connectivity index (χ4n) is 4.27. The number of carbonyl (C=O) groups is 1. The summed E-state index contributed by atoms with van der Waals surface area (Å²) in [5, 5.41) is 20.0. The van der Waals surface area contributed by atoms with Gasteiger partial charge < -0.3 is 19.8 Å². The number of β-amino-alcohol motifs (C(OH)–C–C–N with tert-alkyl or cyclic N) is 1. The van der Waals surface area contributed by atoms with Gasteiger partial charge in [0.05, 0.1) is 5.56 Å². The molecule has 0 spiro atoms. The normalized spacial score (nSPS) is 14.7. The highest BCUT2D eigenvalue weighted by atomic mass is 35.5. The molecule has 8 heteroatoms. The number of phenols is 1. The van der Waals surface area contributed by atoms with E-state index in [9.17, 15) is 19.4 Å². The van der Waals surface area contributed by atoms with Crippen molar-refractivity contribution in [2.75, 3.05) is 44.2 Å². The Morgan fingerprint density at radius 2 is 1.67 bits per heavy atom. The van der Waals surface area contributed by atoms with Crippen LogP contribution in [0.1, 0.15) is 22.3 Å². The van der Waals surface area contributed by atoms with E-state index in [0.29, 0.717) is 18.7 Å². The third-order valence-electron chi connectivity index (χ3n) is 6.21. The Morgan fingerprint density at radius 3 is 2.36 bits per heavy atom. The van der Waals surface area contributed by atoms with Crippen LogP contribution in [-0.4, -0.2) is 66.3 Å². The van der Waals surface area contributed by atoms with Crippen LogP contribution in [0.2, 0.25) is 0 Å². The molecular weight excluding hydrogens is 483 g/mol. The number of piperazine rings is 1. The van der Waals surface area contributed by atoms with E-state index < -0.39 is 11.9 Å². The summed E-state index contributed by atoms with van der Waals surface area (Å²) >= 11 is 0. The van der Waals surface area contributed by atoms with E-state index in [1.807, 2.05) is 42.5 Å². The molecule has 3 aromatic carbocycles. The molecule has 0 bridgehead atoms. The number of hydrogen-bond donors (Lipinski definition) is 2. The number of ketones is 1. The molecule has 0 radical (unpaired) electrons. The Kier molecular flexibility index (Phi) is 10.1. The second-order valence-electron chi connectivity index (χ2n) is 8.82. The van der Waals surface area contributed by atoms with Gasteiger partial charge >= 0.3 is 0 Å². The average molecular weight is 515 g/mol. The van der Waals surface area contributed by atoms with Gasteiger partial charge in [-0.2, -0.15) is 0 Å². The summed E-state index contributed by atoms with van der Waals surface area (Å²) in [5.41, 5.74) is 2.31. The SMILES string of the molecule is Cl.O=C(CCc1ccccc1)c1cc(F)ccc1OCC(O)CN1CCN(c2ccc(O)cc2)CC1. The number of aromatic hydroxyl groups is 1. The Morgan fingerprint density at radius 1 is 0.972 bits per heavy atom. The molecular formula is C28H32ClFN2O4. The minimum absolute atomic E-state index is 0. The zero-order valence-corrected chi connectivity index (χ0v) is 20.9. The molecule has 2 N–H and O–H groups in total. The average Bonchev–Trinajstić information content (AvgIpc) is 2.88. The molecule has 4 rings (SSSR count). The van der Waals surface area contributed by atoms with E-state index in [4.69, 9.17) is 4.74 Å². The fraction of sp³-hybridized carbons (Fsp3) is 0.321. The third kappa shape index (κ3) is 7.68. The van der Waals surface area contributed by atoms with Gasteiger partial charge in [-0.3, -0.25) is 9.69 Å². The number of aliphatic hydroxyl groups is 1. The molecule has 1 fully saturated rings. The molecule has 192 valence electrons. The Balaban J connectivity index is 0.00000361. The highest BCUT2D eigenvalue weighted by Gasteiger charge is 2.21. The maximum Gasteiger partial charge on any atom is 0.167 e. The maximum absolute atomic E-state index is 13.9. The van der Waals surface area contributed by atoms with Crippen molar-refractivity contribution in [1.82, 2.24) is 4.90 Å². The first-order valence-electron chi connectivity index (χ1n) is 11.9. The van der Waals surface area contributed by atoms with Crippen LogP contribution in [0.5, 0.6) is 11.5 Å². The lowest BCUT2D eigenvalue weighted by atomic mass is 10.0. The third-order valence-corrected chi connectivity index (χ3v) is 6.21. The summed E-state index contributed by atoms with van der Waals surface area (Å²) in [6, 6.07) is 20.8. The van der Waals surface area contributed by atoms with E-state index in [-0.39, 0.29) is 42.5 Å². The van der Waals surface area contributed by atoms with Crippen molar-refractivity contribution < 1.29 is 24.1 Å². The molecule has 0 amide bonds. The number of carbonyl (C=O) groups excluding carboxylic acids is 1. The predicted octanol–water partition coefficient (Wildman–Crippen LogP) is 4.33. The first kappa shape index (κ1) is 27.5.